The van der Waals surface area contributed by atoms with Gasteiger partial charge in [-0.25, -0.2) is 4.99 Å². The van der Waals surface area contributed by atoms with Gasteiger partial charge in [-0.15, -0.1) is 0 Å². The normalized spacial score (nSPS) is 21.1. The molecule has 2 heterocycles. The van der Waals surface area contributed by atoms with Crippen LogP contribution in [0.4, 0.5) is 0 Å². The van der Waals surface area contributed by atoms with Gasteiger partial charge >= 0.3 is 0 Å². The average Bonchev–Trinajstić information content (AvgIpc) is 2.87. The van der Waals surface area contributed by atoms with Crippen molar-refractivity contribution < 1.29 is 0 Å². The lowest BCUT2D eigenvalue weighted by molar-refractivity contribution is 0.609. The summed E-state index contributed by atoms with van der Waals surface area (Å²) in [6.07, 6.45) is 6.74. The lowest BCUT2D eigenvalue weighted by atomic mass is 10.0. The fraction of sp³-hybridized carbons (Fsp3) is 0.562. The number of nitrogens with zero attached hydrogens (tertiary/aromatic N) is 4. The van der Waals surface area contributed by atoms with Crippen molar-refractivity contribution >= 4 is 17.6 Å². The monoisotopic (exact) mass is 302 g/mol. The fourth-order valence-electron chi connectivity index (χ4n) is 2.28. The molecule has 2 rings (SSSR count). The Balaban J connectivity index is 2.12. The summed E-state index contributed by atoms with van der Waals surface area (Å²) in [6, 6.07) is 0. The van der Waals surface area contributed by atoms with E-state index >= 15 is 0 Å². The molecule has 0 bridgehead atoms. The summed E-state index contributed by atoms with van der Waals surface area (Å²) in [5.41, 5.74) is 8.59. The quantitative estimate of drug-likeness (QED) is 0.895. The van der Waals surface area contributed by atoms with E-state index in [1.165, 1.54) is 11.1 Å². The molecular formula is C16H26N6. The lowest BCUT2D eigenvalue weighted by Crippen LogP contribution is -2.30. The molecule has 1 aliphatic rings. The summed E-state index contributed by atoms with van der Waals surface area (Å²) in [7, 11) is 3.84. The van der Waals surface area contributed by atoms with Gasteiger partial charge in [-0.3, -0.25) is 4.99 Å². The first-order valence-corrected chi connectivity index (χ1v) is 7.73. The maximum absolute atomic E-state index is 6.00. The standard InChI is InChI=1S/C16H26N6/c1-11-5-6-14(20-16(22(3)4)21-15(11)17)19-8-7-13-10-18-9-12(13)2/h9-11,18H,5-8H2,1-4H3,(H2,17,19,20,21). The molecule has 1 aromatic heterocycles. The van der Waals surface area contributed by atoms with Gasteiger partial charge in [-0.2, -0.15) is 4.99 Å². The average molecular weight is 302 g/mol. The number of aliphatic imine (C=N–C) groups is 3. The molecule has 1 atom stereocenters. The van der Waals surface area contributed by atoms with Gasteiger partial charge in [0.2, 0.25) is 5.96 Å². The maximum Gasteiger partial charge on any atom is 0.228 e. The Bertz CT molecular complexity index is 594. The van der Waals surface area contributed by atoms with Crippen LogP contribution in [0.5, 0.6) is 0 Å². The lowest BCUT2D eigenvalue weighted by Gasteiger charge is -2.18. The number of nitrogens with two attached hydrogens (primary N) is 1. The topological polar surface area (TPSA) is 82.1 Å². The van der Waals surface area contributed by atoms with E-state index < -0.39 is 0 Å². The van der Waals surface area contributed by atoms with Crippen LogP contribution in [0, 0.1) is 12.8 Å². The minimum atomic E-state index is 0.252. The number of hydrogen-bond acceptors (Lipinski definition) is 4. The molecule has 0 radical (unpaired) electrons. The predicted molar refractivity (Wildman–Crippen MR) is 92.7 cm³/mol. The third-order valence-electron chi connectivity index (χ3n) is 3.90. The maximum atomic E-state index is 6.00. The Morgan fingerprint density at radius 1 is 1.36 bits per heavy atom. The van der Waals surface area contributed by atoms with Crippen molar-refractivity contribution in [2.75, 3.05) is 20.6 Å². The second-order valence-corrected chi connectivity index (χ2v) is 5.99. The largest absolute Gasteiger partial charge is 0.387 e. The summed E-state index contributed by atoms with van der Waals surface area (Å²) in [5.74, 6) is 2.39. The van der Waals surface area contributed by atoms with Gasteiger partial charge < -0.3 is 15.6 Å². The molecule has 1 unspecified atom stereocenters. The number of H-pyrrole nitrogens is 1. The summed E-state index contributed by atoms with van der Waals surface area (Å²) in [4.78, 5) is 18.7. The Kier molecular flexibility index (Phi) is 5.35. The van der Waals surface area contributed by atoms with Gasteiger partial charge in [0.25, 0.3) is 0 Å². The van der Waals surface area contributed by atoms with Crippen LogP contribution in [0.2, 0.25) is 0 Å². The zero-order chi connectivity index (χ0) is 16.1. The number of aromatic nitrogens is 1. The summed E-state index contributed by atoms with van der Waals surface area (Å²) in [6.45, 7) is 4.94. The number of aromatic amines is 1. The minimum Gasteiger partial charge on any atom is -0.387 e. The van der Waals surface area contributed by atoms with Crippen LogP contribution in [-0.4, -0.2) is 48.2 Å². The highest BCUT2D eigenvalue weighted by molar-refractivity contribution is 6.03. The molecule has 0 aliphatic carbocycles. The molecule has 6 nitrogen and oxygen atoms in total. The first kappa shape index (κ1) is 16.3. The van der Waals surface area contributed by atoms with Crippen molar-refractivity contribution in [2.24, 2.45) is 26.6 Å². The molecule has 0 saturated heterocycles. The highest BCUT2D eigenvalue weighted by Crippen LogP contribution is 2.12. The first-order valence-electron chi connectivity index (χ1n) is 7.73. The molecule has 0 aromatic carbocycles. The SMILES string of the molecule is Cc1c[nH]cc1CCN=C1CCC(C)C(N)=NC(N(C)C)=N1. The van der Waals surface area contributed by atoms with E-state index in [1.807, 2.05) is 31.4 Å². The zero-order valence-corrected chi connectivity index (χ0v) is 13.9. The van der Waals surface area contributed by atoms with Gasteiger partial charge in [0.1, 0.15) is 11.7 Å². The van der Waals surface area contributed by atoms with Gasteiger partial charge in [0.05, 0.1) is 0 Å². The number of nitrogens with one attached hydrogen (secondary N) is 1. The Morgan fingerprint density at radius 3 is 2.77 bits per heavy atom. The van der Waals surface area contributed by atoms with E-state index in [4.69, 9.17) is 5.73 Å². The smallest absolute Gasteiger partial charge is 0.228 e. The molecule has 1 aliphatic heterocycles. The van der Waals surface area contributed by atoms with Crippen LogP contribution >= 0.6 is 0 Å². The van der Waals surface area contributed by atoms with Gasteiger partial charge in [-0.1, -0.05) is 6.92 Å². The van der Waals surface area contributed by atoms with Crippen molar-refractivity contribution in [3.63, 3.8) is 0 Å². The van der Waals surface area contributed by atoms with E-state index in [0.717, 1.165) is 31.6 Å². The molecule has 1 aromatic rings. The summed E-state index contributed by atoms with van der Waals surface area (Å²) in [5, 5.41) is 0. The Labute approximate surface area is 132 Å². The van der Waals surface area contributed by atoms with Crippen LogP contribution in [-0.2, 0) is 6.42 Å². The molecule has 0 saturated carbocycles. The molecule has 0 spiro atoms. The van der Waals surface area contributed by atoms with Crippen molar-refractivity contribution in [3.8, 4) is 0 Å². The van der Waals surface area contributed by atoms with E-state index in [9.17, 15) is 0 Å². The van der Waals surface area contributed by atoms with Crippen LogP contribution in [0.1, 0.15) is 30.9 Å². The fourth-order valence-corrected chi connectivity index (χ4v) is 2.28. The molecule has 0 amide bonds. The van der Waals surface area contributed by atoms with Gasteiger partial charge in [0.15, 0.2) is 0 Å². The number of rotatable bonds is 3. The van der Waals surface area contributed by atoms with Crippen LogP contribution < -0.4 is 5.73 Å². The van der Waals surface area contributed by atoms with E-state index in [2.05, 4.69) is 33.8 Å². The summed E-state index contributed by atoms with van der Waals surface area (Å²) >= 11 is 0. The molecule has 3 N–H and O–H groups in total. The van der Waals surface area contributed by atoms with Crippen LogP contribution in [0.25, 0.3) is 0 Å². The number of amidine groups is 2. The highest BCUT2D eigenvalue weighted by atomic mass is 15.3. The number of hydrogen-bond donors (Lipinski definition) is 2. The van der Waals surface area contributed by atoms with E-state index in [0.29, 0.717) is 11.8 Å². The predicted octanol–water partition coefficient (Wildman–Crippen LogP) is 1.97. The summed E-state index contributed by atoms with van der Waals surface area (Å²) < 4.78 is 0. The van der Waals surface area contributed by atoms with Crippen LogP contribution in [0.3, 0.4) is 0 Å². The second-order valence-electron chi connectivity index (χ2n) is 5.99. The van der Waals surface area contributed by atoms with Crippen LogP contribution in [0.15, 0.2) is 27.4 Å². The van der Waals surface area contributed by atoms with Gasteiger partial charge in [-0.05, 0) is 30.9 Å². The first-order chi connectivity index (χ1) is 10.5. The highest BCUT2D eigenvalue weighted by Gasteiger charge is 2.15. The van der Waals surface area contributed by atoms with Crippen molar-refractivity contribution in [2.45, 2.75) is 33.1 Å². The third kappa shape index (κ3) is 4.19. The second kappa shape index (κ2) is 7.24. The van der Waals surface area contributed by atoms with Crippen molar-refractivity contribution in [1.82, 2.24) is 9.88 Å². The van der Waals surface area contributed by atoms with E-state index in [-0.39, 0.29) is 5.92 Å². The molecule has 120 valence electrons. The molecule has 6 heteroatoms. The van der Waals surface area contributed by atoms with Crippen molar-refractivity contribution in [1.29, 1.82) is 0 Å². The molecule has 22 heavy (non-hydrogen) atoms. The minimum absolute atomic E-state index is 0.252. The van der Waals surface area contributed by atoms with Gasteiger partial charge in [0, 0.05) is 45.4 Å². The molecule has 0 fully saturated rings. The number of guanidine groups is 1. The van der Waals surface area contributed by atoms with Crippen molar-refractivity contribution in [3.05, 3.63) is 23.5 Å². The Hall–Kier alpha value is -2.11. The third-order valence-corrected chi connectivity index (χ3v) is 3.90. The Morgan fingerprint density at radius 2 is 2.14 bits per heavy atom. The number of aryl methyl sites for hydroxylation is 1. The molecular weight excluding hydrogens is 276 g/mol. The zero-order valence-electron chi connectivity index (χ0n) is 13.9. The van der Waals surface area contributed by atoms with E-state index in [1.54, 1.807) is 0 Å².